The molecular formula is C19H32N2. The number of anilines is 1. The number of hydrogen-bond acceptors (Lipinski definition) is 2. The van der Waals surface area contributed by atoms with Crippen molar-refractivity contribution in [2.75, 3.05) is 24.5 Å². The van der Waals surface area contributed by atoms with E-state index in [2.05, 4.69) is 62.2 Å². The SMILES string of the molecule is CCCNC(C)c1ccc(N2CCC(C)(CC)CC2)cc1. The Bertz CT molecular complexity index is 416. The fraction of sp³-hybridized carbons (Fsp3) is 0.684. The van der Waals surface area contributed by atoms with Crippen molar-refractivity contribution in [1.29, 1.82) is 0 Å². The van der Waals surface area contributed by atoms with Crippen LogP contribution in [0.4, 0.5) is 5.69 Å². The summed E-state index contributed by atoms with van der Waals surface area (Å²) < 4.78 is 0. The van der Waals surface area contributed by atoms with E-state index in [0.29, 0.717) is 11.5 Å². The number of piperidine rings is 1. The number of benzene rings is 1. The van der Waals surface area contributed by atoms with Gasteiger partial charge >= 0.3 is 0 Å². The molecule has 1 fully saturated rings. The Morgan fingerprint density at radius 2 is 1.76 bits per heavy atom. The van der Waals surface area contributed by atoms with Crippen molar-refractivity contribution in [1.82, 2.24) is 5.32 Å². The molecule has 1 aromatic rings. The molecule has 0 aliphatic carbocycles. The van der Waals surface area contributed by atoms with Crippen LogP contribution in [-0.2, 0) is 0 Å². The standard InChI is InChI=1S/C19H32N2/c1-5-13-20-16(3)17-7-9-18(10-8-17)21-14-11-19(4,6-2)12-15-21/h7-10,16,20H,5-6,11-15H2,1-4H3. The Kier molecular flexibility index (Phi) is 5.69. The van der Waals surface area contributed by atoms with Crippen LogP contribution in [-0.4, -0.2) is 19.6 Å². The maximum atomic E-state index is 3.55. The van der Waals surface area contributed by atoms with Gasteiger partial charge in [-0.25, -0.2) is 0 Å². The fourth-order valence-corrected chi connectivity index (χ4v) is 3.11. The van der Waals surface area contributed by atoms with Gasteiger partial charge in [-0.15, -0.1) is 0 Å². The van der Waals surface area contributed by atoms with E-state index in [0.717, 1.165) is 6.54 Å². The molecule has 1 unspecified atom stereocenters. The quantitative estimate of drug-likeness (QED) is 0.811. The van der Waals surface area contributed by atoms with Crippen LogP contribution in [0.5, 0.6) is 0 Å². The minimum Gasteiger partial charge on any atom is -0.371 e. The Labute approximate surface area is 130 Å². The summed E-state index contributed by atoms with van der Waals surface area (Å²) in [4.78, 5) is 2.55. The average Bonchev–Trinajstić information content (AvgIpc) is 2.53. The van der Waals surface area contributed by atoms with Gasteiger partial charge in [0.15, 0.2) is 0 Å². The number of hydrogen-bond donors (Lipinski definition) is 1. The van der Waals surface area contributed by atoms with Crippen LogP contribution >= 0.6 is 0 Å². The molecule has 0 saturated carbocycles. The van der Waals surface area contributed by atoms with Crippen molar-refractivity contribution in [2.24, 2.45) is 5.41 Å². The largest absolute Gasteiger partial charge is 0.371 e. The molecule has 1 aromatic carbocycles. The number of rotatable bonds is 6. The zero-order valence-electron chi connectivity index (χ0n) is 14.3. The van der Waals surface area contributed by atoms with E-state index >= 15 is 0 Å². The van der Waals surface area contributed by atoms with Crippen LogP contribution < -0.4 is 10.2 Å². The van der Waals surface area contributed by atoms with Crippen molar-refractivity contribution in [2.45, 2.75) is 59.4 Å². The second kappa shape index (κ2) is 7.31. The molecule has 1 aliphatic heterocycles. The van der Waals surface area contributed by atoms with Crippen LogP contribution in [0, 0.1) is 5.41 Å². The maximum Gasteiger partial charge on any atom is 0.0366 e. The van der Waals surface area contributed by atoms with Gasteiger partial charge in [-0.2, -0.15) is 0 Å². The van der Waals surface area contributed by atoms with E-state index in [4.69, 9.17) is 0 Å². The summed E-state index contributed by atoms with van der Waals surface area (Å²) in [6.45, 7) is 12.7. The van der Waals surface area contributed by atoms with Gasteiger partial charge in [0.25, 0.3) is 0 Å². The monoisotopic (exact) mass is 288 g/mol. The first-order valence-electron chi connectivity index (χ1n) is 8.66. The second-order valence-corrected chi connectivity index (χ2v) is 6.92. The molecule has 1 heterocycles. The molecule has 1 N–H and O–H groups in total. The van der Waals surface area contributed by atoms with Gasteiger partial charge in [0, 0.05) is 24.8 Å². The minimum atomic E-state index is 0.448. The van der Waals surface area contributed by atoms with Gasteiger partial charge in [0.05, 0.1) is 0 Å². The van der Waals surface area contributed by atoms with Crippen LogP contribution in [0.3, 0.4) is 0 Å². The second-order valence-electron chi connectivity index (χ2n) is 6.92. The molecule has 1 atom stereocenters. The third kappa shape index (κ3) is 4.23. The smallest absolute Gasteiger partial charge is 0.0366 e. The van der Waals surface area contributed by atoms with Crippen LogP contribution in [0.2, 0.25) is 0 Å². The van der Waals surface area contributed by atoms with E-state index in [-0.39, 0.29) is 0 Å². The van der Waals surface area contributed by atoms with Crippen LogP contribution in [0.1, 0.15) is 65.0 Å². The Morgan fingerprint density at radius 3 is 2.29 bits per heavy atom. The van der Waals surface area contributed by atoms with E-state index in [1.807, 2.05) is 0 Å². The number of nitrogens with one attached hydrogen (secondary N) is 1. The molecule has 1 aliphatic rings. The molecule has 2 nitrogen and oxygen atoms in total. The lowest BCUT2D eigenvalue weighted by molar-refractivity contribution is 0.238. The van der Waals surface area contributed by atoms with Crippen LogP contribution in [0.25, 0.3) is 0 Å². The van der Waals surface area contributed by atoms with Gasteiger partial charge in [0.1, 0.15) is 0 Å². The van der Waals surface area contributed by atoms with Crippen molar-refractivity contribution in [3.63, 3.8) is 0 Å². The highest BCUT2D eigenvalue weighted by atomic mass is 15.1. The lowest BCUT2D eigenvalue weighted by Gasteiger charge is -2.40. The summed E-state index contributed by atoms with van der Waals surface area (Å²) in [6.07, 6.45) is 5.13. The summed E-state index contributed by atoms with van der Waals surface area (Å²) in [5.74, 6) is 0. The molecule has 0 bridgehead atoms. The zero-order chi connectivity index (χ0) is 15.3. The van der Waals surface area contributed by atoms with E-state index in [1.54, 1.807) is 0 Å². The van der Waals surface area contributed by atoms with Crippen molar-refractivity contribution in [3.8, 4) is 0 Å². The van der Waals surface area contributed by atoms with Gasteiger partial charge in [-0.05, 0) is 55.8 Å². The number of nitrogens with zero attached hydrogens (tertiary/aromatic N) is 1. The molecule has 21 heavy (non-hydrogen) atoms. The normalized spacial score (nSPS) is 19.5. The Balaban J connectivity index is 1.94. The van der Waals surface area contributed by atoms with Gasteiger partial charge < -0.3 is 10.2 Å². The van der Waals surface area contributed by atoms with Crippen molar-refractivity contribution < 1.29 is 0 Å². The highest BCUT2D eigenvalue weighted by Gasteiger charge is 2.28. The first kappa shape index (κ1) is 16.4. The topological polar surface area (TPSA) is 15.3 Å². The minimum absolute atomic E-state index is 0.448. The van der Waals surface area contributed by atoms with E-state index in [9.17, 15) is 0 Å². The van der Waals surface area contributed by atoms with E-state index in [1.165, 1.54) is 50.0 Å². The molecule has 2 heteroatoms. The first-order valence-corrected chi connectivity index (χ1v) is 8.66. The van der Waals surface area contributed by atoms with Crippen molar-refractivity contribution in [3.05, 3.63) is 29.8 Å². The molecule has 0 radical (unpaired) electrons. The zero-order valence-corrected chi connectivity index (χ0v) is 14.3. The van der Waals surface area contributed by atoms with E-state index < -0.39 is 0 Å². The third-order valence-corrected chi connectivity index (χ3v) is 5.28. The van der Waals surface area contributed by atoms with Gasteiger partial charge in [-0.3, -0.25) is 0 Å². The first-order chi connectivity index (χ1) is 10.1. The Morgan fingerprint density at radius 1 is 1.14 bits per heavy atom. The van der Waals surface area contributed by atoms with Crippen molar-refractivity contribution >= 4 is 5.69 Å². The third-order valence-electron chi connectivity index (χ3n) is 5.28. The molecule has 0 amide bonds. The van der Waals surface area contributed by atoms with Gasteiger partial charge in [0.2, 0.25) is 0 Å². The lowest BCUT2D eigenvalue weighted by atomic mass is 9.78. The summed E-state index contributed by atoms with van der Waals surface area (Å²) in [5, 5.41) is 3.55. The summed E-state index contributed by atoms with van der Waals surface area (Å²) in [6, 6.07) is 9.62. The molecule has 2 rings (SSSR count). The Hall–Kier alpha value is -1.02. The van der Waals surface area contributed by atoms with Gasteiger partial charge in [-0.1, -0.05) is 39.3 Å². The molecule has 1 saturated heterocycles. The maximum absolute atomic E-state index is 3.55. The molecule has 0 aromatic heterocycles. The average molecular weight is 288 g/mol. The van der Waals surface area contributed by atoms with Crippen LogP contribution in [0.15, 0.2) is 24.3 Å². The highest BCUT2D eigenvalue weighted by Crippen LogP contribution is 2.35. The molecule has 0 spiro atoms. The predicted octanol–water partition coefficient (Wildman–Crippen LogP) is 4.76. The molecule has 118 valence electrons. The molecular weight excluding hydrogens is 256 g/mol. The fourth-order valence-electron chi connectivity index (χ4n) is 3.11. The summed E-state index contributed by atoms with van der Waals surface area (Å²) in [5.41, 5.74) is 3.34. The summed E-state index contributed by atoms with van der Waals surface area (Å²) in [7, 11) is 0. The predicted molar refractivity (Wildman–Crippen MR) is 93.0 cm³/mol. The summed E-state index contributed by atoms with van der Waals surface area (Å²) >= 11 is 0. The highest BCUT2D eigenvalue weighted by molar-refractivity contribution is 5.48. The lowest BCUT2D eigenvalue weighted by Crippen LogP contribution is -2.38.